The second-order valence-corrected chi connectivity index (χ2v) is 8.22. The van der Waals surface area contributed by atoms with Gasteiger partial charge in [0, 0.05) is 30.4 Å². The third-order valence-corrected chi connectivity index (χ3v) is 5.73. The molecule has 0 bridgehead atoms. The van der Waals surface area contributed by atoms with Gasteiger partial charge in [-0.3, -0.25) is 4.68 Å². The summed E-state index contributed by atoms with van der Waals surface area (Å²) in [4.78, 5) is 12.4. The summed E-state index contributed by atoms with van der Waals surface area (Å²) in [7, 11) is 1.76. The average Bonchev–Trinajstić information content (AvgIpc) is 3.41. The first-order valence-electron chi connectivity index (χ1n) is 10.6. The summed E-state index contributed by atoms with van der Waals surface area (Å²) in [6, 6.07) is 7.83. The van der Waals surface area contributed by atoms with E-state index in [-0.39, 0.29) is 5.69 Å². The van der Waals surface area contributed by atoms with Gasteiger partial charge in [0.25, 0.3) is 0 Å². The number of carbonyl (C=O) groups is 1. The molecule has 2 aromatic carbocycles. The number of nitrogens with zero attached hydrogens (tertiary/aromatic N) is 2. The Bertz CT molecular complexity index is 1130. The lowest BCUT2D eigenvalue weighted by Gasteiger charge is -2.16. The second kappa shape index (κ2) is 10.2. The van der Waals surface area contributed by atoms with Crippen LogP contribution in [0.2, 0.25) is 5.02 Å². The summed E-state index contributed by atoms with van der Waals surface area (Å²) < 4.78 is 34.6. The maximum absolute atomic E-state index is 13.8. The molecule has 1 atom stereocenters. The first-order chi connectivity index (χ1) is 15.9. The van der Waals surface area contributed by atoms with Crippen LogP contribution in [0.5, 0.6) is 5.75 Å². The molecule has 3 aromatic rings. The van der Waals surface area contributed by atoms with E-state index in [1.807, 2.05) is 0 Å². The van der Waals surface area contributed by atoms with Crippen molar-refractivity contribution in [2.75, 3.05) is 23.8 Å². The Kier molecular flexibility index (Phi) is 7.10. The molecule has 4 rings (SSSR count). The molecule has 0 spiro atoms. The zero-order chi connectivity index (χ0) is 23.4. The number of aryl methyl sites for hydroxylation is 1. The highest BCUT2D eigenvalue weighted by atomic mass is 35.5. The molecule has 2 heterocycles. The van der Waals surface area contributed by atoms with Gasteiger partial charge in [-0.1, -0.05) is 11.6 Å². The van der Waals surface area contributed by atoms with Gasteiger partial charge in [0.2, 0.25) is 0 Å². The van der Waals surface area contributed by atoms with E-state index in [1.54, 1.807) is 29.9 Å². The number of amides is 2. The fraction of sp³-hybridized carbons (Fsp3) is 0.304. The Hall–Kier alpha value is -3.17. The van der Waals surface area contributed by atoms with Crippen LogP contribution in [0.1, 0.15) is 19.3 Å². The van der Waals surface area contributed by atoms with E-state index < -0.39 is 17.7 Å². The molecular formula is C23H24ClF2N5O2. The number of urea groups is 1. The van der Waals surface area contributed by atoms with Gasteiger partial charge in [0.05, 0.1) is 29.2 Å². The van der Waals surface area contributed by atoms with Gasteiger partial charge in [-0.05, 0) is 56.1 Å². The largest absolute Gasteiger partial charge is 0.493 e. The van der Waals surface area contributed by atoms with Crippen LogP contribution in [0.25, 0.3) is 11.3 Å². The fourth-order valence-corrected chi connectivity index (χ4v) is 4.09. The van der Waals surface area contributed by atoms with E-state index >= 15 is 0 Å². The van der Waals surface area contributed by atoms with Crippen molar-refractivity contribution in [1.29, 1.82) is 0 Å². The quantitative estimate of drug-likeness (QED) is 0.439. The number of hydrogen-bond acceptors (Lipinski definition) is 4. The lowest BCUT2D eigenvalue weighted by molar-refractivity contribution is 0.262. The first kappa shape index (κ1) is 23.0. The van der Waals surface area contributed by atoms with E-state index in [9.17, 15) is 13.6 Å². The molecule has 2 amide bonds. The summed E-state index contributed by atoms with van der Waals surface area (Å²) in [6.45, 7) is 1.56. The Morgan fingerprint density at radius 3 is 2.82 bits per heavy atom. The topological polar surface area (TPSA) is 80.2 Å². The van der Waals surface area contributed by atoms with Crippen molar-refractivity contribution in [3.05, 3.63) is 59.3 Å². The minimum atomic E-state index is -0.868. The van der Waals surface area contributed by atoms with Gasteiger partial charge >= 0.3 is 6.03 Å². The van der Waals surface area contributed by atoms with E-state index in [1.165, 1.54) is 12.6 Å². The molecule has 1 aliphatic heterocycles. The van der Waals surface area contributed by atoms with Crippen molar-refractivity contribution in [2.45, 2.75) is 25.3 Å². The zero-order valence-electron chi connectivity index (χ0n) is 18.0. The second-order valence-electron chi connectivity index (χ2n) is 7.81. The lowest BCUT2D eigenvalue weighted by atomic mass is 10.1. The van der Waals surface area contributed by atoms with E-state index in [4.69, 9.17) is 16.3 Å². The van der Waals surface area contributed by atoms with Crippen LogP contribution in [0.3, 0.4) is 0 Å². The van der Waals surface area contributed by atoms with Crippen molar-refractivity contribution >= 4 is 29.0 Å². The minimum Gasteiger partial charge on any atom is -0.493 e. The summed E-state index contributed by atoms with van der Waals surface area (Å²) in [5.41, 5.74) is 1.60. The van der Waals surface area contributed by atoms with Gasteiger partial charge < -0.3 is 20.7 Å². The van der Waals surface area contributed by atoms with Crippen molar-refractivity contribution < 1.29 is 18.3 Å². The third kappa shape index (κ3) is 5.61. The van der Waals surface area contributed by atoms with Crippen molar-refractivity contribution in [3.63, 3.8) is 0 Å². The number of anilines is 2. The highest BCUT2D eigenvalue weighted by Crippen LogP contribution is 2.36. The van der Waals surface area contributed by atoms with Gasteiger partial charge in [-0.2, -0.15) is 5.10 Å². The Balaban J connectivity index is 1.52. The number of aromatic nitrogens is 2. The Labute approximate surface area is 195 Å². The molecule has 1 aromatic heterocycles. The number of halogens is 3. The van der Waals surface area contributed by atoms with Gasteiger partial charge in [0.15, 0.2) is 0 Å². The third-order valence-electron chi connectivity index (χ3n) is 5.45. The molecule has 3 N–H and O–H groups in total. The summed E-state index contributed by atoms with van der Waals surface area (Å²) in [6.07, 6.45) is 4.72. The average molecular weight is 476 g/mol. The fourth-order valence-electron chi connectivity index (χ4n) is 3.82. The molecule has 1 saturated heterocycles. The van der Waals surface area contributed by atoms with Crippen LogP contribution >= 0.6 is 11.6 Å². The van der Waals surface area contributed by atoms with Gasteiger partial charge in [0.1, 0.15) is 17.4 Å². The highest BCUT2D eigenvalue weighted by Gasteiger charge is 2.18. The first-order valence-corrected chi connectivity index (χ1v) is 11.0. The lowest BCUT2D eigenvalue weighted by Crippen LogP contribution is -2.23. The molecule has 1 unspecified atom stereocenters. The predicted octanol–water partition coefficient (Wildman–Crippen LogP) is 5.18. The molecule has 0 saturated carbocycles. The van der Waals surface area contributed by atoms with Crippen molar-refractivity contribution in [1.82, 2.24) is 15.1 Å². The van der Waals surface area contributed by atoms with E-state index in [0.717, 1.165) is 31.5 Å². The number of benzene rings is 2. The summed E-state index contributed by atoms with van der Waals surface area (Å²) >= 11 is 6.36. The van der Waals surface area contributed by atoms with Crippen LogP contribution in [-0.2, 0) is 7.05 Å². The minimum absolute atomic E-state index is 0.135. The summed E-state index contributed by atoms with van der Waals surface area (Å²) in [5, 5.41) is 13.1. The van der Waals surface area contributed by atoms with Crippen molar-refractivity contribution in [2.24, 2.45) is 7.05 Å². The van der Waals surface area contributed by atoms with E-state index in [2.05, 4.69) is 21.0 Å². The molecule has 0 aliphatic carbocycles. The van der Waals surface area contributed by atoms with Crippen molar-refractivity contribution in [3.8, 4) is 17.0 Å². The smallest absolute Gasteiger partial charge is 0.323 e. The SMILES string of the molecule is Cn1ncc(Cl)c1-c1cc(NC(=O)Nc2ccc(F)cc2F)ccc1OCCC1CCCN1. The molecule has 10 heteroatoms. The Morgan fingerprint density at radius 2 is 2.12 bits per heavy atom. The number of hydrogen-bond donors (Lipinski definition) is 3. The molecule has 174 valence electrons. The van der Waals surface area contributed by atoms with Crippen LogP contribution in [0.15, 0.2) is 42.6 Å². The number of ether oxygens (including phenoxy) is 1. The number of carbonyl (C=O) groups excluding carboxylic acids is 1. The molecule has 1 aliphatic rings. The molecule has 33 heavy (non-hydrogen) atoms. The van der Waals surface area contributed by atoms with Crippen LogP contribution in [0, 0.1) is 11.6 Å². The summed E-state index contributed by atoms with van der Waals surface area (Å²) in [5.74, 6) is -0.988. The standard InChI is InChI=1S/C23H24ClF2N5O2/c1-31-22(18(24)13-28-31)17-12-16(5-7-21(17)33-10-8-15-3-2-9-27-15)29-23(32)30-20-6-4-14(25)11-19(20)26/h4-7,11-13,15,27H,2-3,8-10H2,1H3,(H2,29,30,32). The molecule has 1 fully saturated rings. The number of nitrogens with one attached hydrogen (secondary N) is 3. The zero-order valence-corrected chi connectivity index (χ0v) is 18.8. The van der Waals surface area contributed by atoms with Gasteiger partial charge in [-0.15, -0.1) is 0 Å². The molecule has 0 radical (unpaired) electrons. The maximum atomic E-state index is 13.8. The monoisotopic (exact) mass is 475 g/mol. The molecule has 7 nitrogen and oxygen atoms in total. The van der Waals surface area contributed by atoms with Crippen LogP contribution < -0.4 is 20.7 Å². The van der Waals surface area contributed by atoms with Crippen LogP contribution in [-0.4, -0.2) is 35.0 Å². The normalized spacial score (nSPS) is 15.5. The Morgan fingerprint density at radius 1 is 1.27 bits per heavy atom. The maximum Gasteiger partial charge on any atom is 0.323 e. The van der Waals surface area contributed by atoms with Crippen LogP contribution in [0.4, 0.5) is 25.0 Å². The van der Waals surface area contributed by atoms with Gasteiger partial charge in [-0.25, -0.2) is 13.6 Å². The predicted molar refractivity (Wildman–Crippen MR) is 124 cm³/mol. The number of rotatable bonds is 7. The highest BCUT2D eigenvalue weighted by molar-refractivity contribution is 6.33. The molecular weight excluding hydrogens is 452 g/mol. The van der Waals surface area contributed by atoms with E-state index in [0.29, 0.717) is 46.4 Å².